The highest BCUT2D eigenvalue weighted by Crippen LogP contribution is 2.50. The first-order valence-electron chi connectivity index (χ1n) is 8.11. The van der Waals surface area contributed by atoms with Gasteiger partial charge in [-0.15, -0.1) is 0 Å². The van der Waals surface area contributed by atoms with E-state index in [0.717, 1.165) is 44.8 Å². The van der Waals surface area contributed by atoms with Crippen molar-refractivity contribution in [2.75, 3.05) is 19.8 Å². The summed E-state index contributed by atoms with van der Waals surface area (Å²) in [6, 6.07) is 0.198. The number of nitrogens with zero attached hydrogens (tertiary/aromatic N) is 2. The molecule has 1 aliphatic heterocycles. The third-order valence-electron chi connectivity index (χ3n) is 5.15. The molecule has 2 aliphatic rings. The summed E-state index contributed by atoms with van der Waals surface area (Å²) in [7, 11) is 0. The van der Waals surface area contributed by atoms with Crippen LogP contribution < -0.4 is 5.32 Å². The molecule has 6 nitrogen and oxygen atoms in total. The number of hydrogen-bond acceptors (Lipinski definition) is 4. The normalized spacial score (nSPS) is 26.6. The molecule has 1 amide bonds. The molecule has 0 unspecified atom stereocenters. The van der Waals surface area contributed by atoms with Gasteiger partial charge in [0.2, 0.25) is 5.91 Å². The molecule has 1 N–H and O–H groups in total. The molecular formula is C16H25N3O3. The third-order valence-corrected chi connectivity index (χ3v) is 5.15. The molecule has 6 heteroatoms. The van der Waals surface area contributed by atoms with Gasteiger partial charge in [-0.05, 0) is 33.1 Å². The largest absolute Gasteiger partial charge is 0.381 e. The van der Waals surface area contributed by atoms with Gasteiger partial charge in [0.05, 0.1) is 12.4 Å². The van der Waals surface area contributed by atoms with Crippen LogP contribution in [0.15, 0.2) is 12.5 Å². The van der Waals surface area contributed by atoms with Crippen molar-refractivity contribution in [3.63, 3.8) is 0 Å². The van der Waals surface area contributed by atoms with Crippen molar-refractivity contribution < 1.29 is 14.3 Å². The lowest BCUT2D eigenvalue weighted by atomic mass is 9.57. The van der Waals surface area contributed by atoms with Crippen LogP contribution in [-0.4, -0.2) is 47.4 Å². The van der Waals surface area contributed by atoms with Crippen molar-refractivity contribution in [2.45, 2.75) is 51.8 Å². The summed E-state index contributed by atoms with van der Waals surface area (Å²) >= 11 is 0. The molecule has 3 rings (SSSR count). The van der Waals surface area contributed by atoms with E-state index in [1.165, 1.54) is 0 Å². The Balaban J connectivity index is 1.62. The summed E-state index contributed by atoms with van der Waals surface area (Å²) in [4.78, 5) is 16.4. The van der Waals surface area contributed by atoms with Crippen molar-refractivity contribution >= 4 is 5.91 Å². The van der Waals surface area contributed by atoms with E-state index in [4.69, 9.17) is 9.47 Å². The Morgan fingerprint density at radius 1 is 1.55 bits per heavy atom. The zero-order chi connectivity index (χ0) is 15.6. The lowest BCUT2D eigenvalue weighted by Gasteiger charge is -2.57. The minimum absolute atomic E-state index is 0.0481. The third kappa shape index (κ3) is 2.77. The highest BCUT2D eigenvalue weighted by molar-refractivity contribution is 5.76. The molecule has 2 fully saturated rings. The molecule has 1 saturated carbocycles. The van der Waals surface area contributed by atoms with Gasteiger partial charge in [-0.2, -0.15) is 0 Å². The molecular weight excluding hydrogens is 282 g/mol. The average Bonchev–Trinajstić information content (AvgIpc) is 2.92. The first-order chi connectivity index (χ1) is 10.7. The number of imidazole rings is 1. The van der Waals surface area contributed by atoms with E-state index in [2.05, 4.69) is 10.3 Å². The van der Waals surface area contributed by atoms with Crippen molar-refractivity contribution in [1.82, 2.24) is 14.9 Å². The van der Waals surface area contributed by atoms with Crippen LogP contribution in [0, 0.1) is 12.3 Å². The minimum atomic E-state index is 0.0481. The van der Waals surface area contributed by atoms with Crippen LogP contribution in [0.25, 0.3) is 0 Å². The Bertz CT molecular complexity index is 522. The number of ether oxygens (including phenoxy) is 2. The number of amides is 1. The Hall–Kier alpha value is -1.40. The van der Waals surface area contributed by atoms with Crippen molar-refractivity contribution in [3.8, 4) is 0 Å². The molecule has 1 spiro atoms. The van der Waals surface area contributed by atoms with Gasteiger partial charge in [-0.3, -0.25) is 4.79 Å². The molecule has 0 aromatic carbocycles. The molecule has 122 valence electrons. The number of carbonyl (C=O) groups excluding carboxylic acids is 1. The van der Waals surface area contributed by atoms with Gasteiger partial charge in [0.15, 0.2) is 0 Å². The fourth-order valence-electron chi connectivity index (χ4n) is 3.75. The second kappa shape index (κ2) is 6.38. The maximum atomic E-state index is 12.3. The number of aromatic nitrogens is 2. The Labute approximate surface area is 131 Å². The minimum Gasteiger partial charge on any atom is -0.381 e. The van der Waals surface area contributed by atoms with Crippen molar-refractivity contribution in [3.05, 3.63) is 18.2 Å². The van der Waals surface area contributed by atoms with Gasteiger partial charge < -0.3 is 19.4 Å². The molecule has 1 aromatic rings. The number of hydrogen-bond donors (Lipinski definition) is 1. The van der Waals surface area contributed by atoms with Crippen molar-refractivity contribution in [2.24, 2.45) is 5.41 Å². The van der Waals surface area contributed by atoms with Crippen LogP contribution in [-0.2, 0) is 20.8 Å². The summed E-state index contributed by atoms with van der Waals surface area (Å²) in [5.41, 5.74) is 1.06. The lowest BCUT2D eigenvalue weighted by Crippen LogP contribution is -2.66. The summed E-state index contributed by atoms with van der Waals surface area (Å²) in [6.07, 6.45) is 6.55. The first-order valence-corrected chi connectivity index (χ1v) is 8.11. The Kier molecular flexibility index (Phi) is 4.49. The summed E-state index contributed by atoms with van der Waals surface area (Å²) < 4.78 is 13.3. The van der Waals surface area contributed by atoms with Crippen molar-refractivity contribution in [1.29, 1.82) is 0 Å². The highest BCUT2D eigenvalue weighted by atomic mass is 16.5. The summed E-state index contributed by atoms with van der Waals surface area (Å²) in [5.74, 6) is 0.0481. The van der Waals surface area contributed by atoms with Crippen LogP contribution in [0.3, 0.4) is 0 Å². The van der Waals surface area contributed by atoms with Gasteiger partial charge >= 0.3 is 0 Å². The smallest absolute Gasteiger partial charge is 0.240 e. The zero-order valence-corrected chi connectivity index (χ0v) is 13.4. The van der Waals surface area contributed by atoms with E-state index in [0.29, 0.717) is 6.54 Å². The number of nitrogens with one attached hydrogen (secondary N) is 1. The fraction of sp³-hybridized carbons (Fsp3) is 0.750. The zero-order valence-electron chi connectivity index (χ0n) is 13.4. The van der Waals surface area contributed by atoms with E-state index in [9.17, 15) is 4.79 Å². The quantitative estimate of drug-likeness (QED) is 0.890. The summed E-state index contributed by atoms with van der Waals surface area (Å²) in [5, 5.41) is 3.21. The maximum Gasteiger partial charge on any atom is 0.240 e. The topological polar surface area (TPSA) is 65.4 Å². The van der Waals surface area contributed by atoms with E-state index in [1.54, 1.807) is 12.5 Å². The van der Waals surface area contributed by atoms with Gasteiger partial charge in [-0.1, -0.05) is 0 Å². The second-order valence-corrected chi connectivity index (χ2v) is 6.31. The Morgan fingerprint density at radius 2 is 2.32 bits per heavy atom. The Morgan fingerprint density at radius 3 is 2.95 bits per heavy atom. The number of aryl methyl sites for hydroxylation is 1. The number of carbonyl (C=O) groups is 1. The maximum absolute atomic E-state index is 12.3. The highest BCUT2D eigenvalue weighted by Gasteiger charge is 2.56. The van der Waals surface area contributed by atoms with Crippen LogP contribution in [0.2, 0.25) is 0 Å². The molecule has 2 atom stereocenters. The molecule has 1 aliphatic carbocycles. The average molecular weight is 307 g/mol. The van der Waals surface area contributed by atoms with Gasteiger partial charge in [0.1, 0.15) is 6.54 Å². The number of rotatable bonds is 5. The molecule has 0 bridgehead atoms. The molecule has 0 radical (unpaired) electrons. The van der Waals surface area contributed by atoms with E-state index < -0.39 is 0 Å². The predicted molar refractivity (Wildman–Crippen MR) is 81.4 cm³/mol. The standard InChI is InChI=1S/C16H25N3O3/c1-3-22-14-8-13(16(14)4-6-21-7-5-16)18-15(20)10-19-11-17-9-12(19)2/h9,11,13-14H,3-8,10H2,1-2H3,(H,18,20)/t13-,14-/m1/s1. The van der Waals surface area contributed by atoms with Gasteiger partial charge in [-0.25, -0.2) is 4.98 Å². The molecule has 1 aromatic heterocycles. The first kappa shape index (κ1) is 15.5. The summed E-state index contributed by atoms with van der Waals surface area (Å²) in [6.45, 7) is 6.55. The van der Waals surface area contributed by atoms with Gasteiger partial charge in [0, 0.05) is 43.2 Å². The van der Waals surface area contributed by atoms with Crippen LogP contribution in [0.4, 0.5) is 0 Å². The van der Waals surface area contributed by atoms with Crippen LogP contribution in [0.1, 0.15) is 31.9 Å². The molecule has 1 saturated heterocycles. The van der Waals surface area contributed by atoms with E-state index >= 15 is 0 Å². The second-order valence-electron chi connectivity index (χ2n) is 6.31. The fourth-order valence-corrected chi connectivity index (χ4v) is 3.75. The molecule has 22 heavy (non-hydrogen) atoms. The predicted octanol–water partition coefficient (Wildman–Crippen LogP) is 1.28. The van der Waals surface area contributed by atoms with Crippen LogP contribution in [0.5, 0.6) is 0 Å². The monoisotopic (exact) mass is 307 g/mol. The van der Waals surface area contributed by atoms with Gasteiger partial charge in [0.25, 0.3) is 0 Å². The lowest BCUT2D eigenvalue weighted by molar-refractivity contribution is -0.175. The van der Waals surface area contributed by atoms with E-state index in [1.807, 2.05) is 18.4 Å². The van der Waals surface area contributed by atoms with E-state index in [-0.39, 0.29) is 23.5 Å². The van der Waals surface area contributed by atoms with Crippen LogP contribution >= 0.6 is 0 Å². The SMILES string of the molecule is CCO[C@@H]1C[C@@H](NC(=O)Cn2cncc2C)C12CCOCC2. The molecule has 2 heterocycles.